The fraction of sp³-hybridized carbons (Fsp3) is 0.682. The molecule has 4 rings (SSSR count). The van der Waals surface area contributed by atoms with Crippen LogP contribution in [0.3, 0.4) is 0 Å². The van der Waals surface area contributed by atoms with Gasteiger partial charge in [-0.2, -0.15) is 4.31 Å². The highest BCUT2D eigenvalue weighted by Gasteiger charge is 2.37. The first kappa shape index (κ1) is 19.9. The fourth-order valence-corrected chi connectivity index (χ4v) is 6.27. The summed E-state index contributed by atoms with van der Waals surface area (Å²) < 4.78 is 27.8. The number of hydrogen-bond donors (Lipinski definition) is 0. The van der Waals surface area contributed by atoms with Gasteiger partial charge in [0.2, 0.25) is 15.9 Å². The molecule has 1 aromatic carbocycles. The van der Waals surface area contributed by atoms with E-state index in [0.29, 0.717) is 42.8 Å². The summed E-state index contributed by atoms with van der Waals surface area (Å²) in [5, 5.41) is 0. The first-order valence-electron chi connectivity index (χ1n) is 10.8. The quantitative estimate of drug-likeness (QED) is 0.757. The molecule has 28 heavy (non-hydrogen) atoms. The van der Waals surface area contributed by atoms with Gasteiger partial charge < -0.3 is 4.90 Å². The largest absolute Gasteiger partial charge is 0.343 e. The van der Waals surface area contributed by atoms with Gasteiger partial charge in [-0.25, -0.2) is 8.42 Å². The zero-order valence-corrected chi connectivity index (χ0v) is 17.9. The van der Waals surface area contributed by atoms with Gasteiger partial charge in [-0.3, -0.25) is 4.79 Å². The van der Waals surface area contributed by atoms with E-state index in [1.807, 2.05) is 24.1 Å². The summed E-state index contributed by atoms with van der Waals surface area (Å²) in [5.41, 5.74) is 2.48. The number of fused-ring (bicyclic) bond motifs is 1. The molecule has 0 aromatic heterocycles. The van der Waals surface area contributed by atoms with Crippen LogP contribution in [-0.2, 0) is 27.7 Å². The number of piperidine rings is 1. The average molecular weight is 405 g/mol. The van der Waals surface area contributed by atoms with Crippen LogP contribution in [0.1, 0.15) is 56.6 Å². The van der Waals surface area contributed by atoms with Crippen molar-refractivity contribution in [3.8, 4) is 0 Å². The molecule has 5 nitrogen and oxygen atoms in total. The smallest absolute Gasteiger partial charge is 0.243 e. The minimum Gasteiger partial charge on any atom is -0.343 e. The number of nitrogens with zero attached hydrogens (tertiary/aromatic N) is 2. The molecule has 1 atom stereocenters. The van der Waals surface area contributed by atoms with E-state index >= 15 is 0 Å². The maximum atomic E-state index is 13.1. The molecule has 3 aliphatic rings. The van der Waals surface area contributed by atoms with Crippen LogP contribution in [0.4, 0.5) is 0 Å². The van der Waals surface area contributed by atoms with E-state index in [1.165, 1.54) is 30.4 Å². The summed E-state index contributed by atoms with van der Waals surface area (Å²) in [6.07, 6.45) is 8.02. The van der Waals surface area contributed by atoms with E-state index in [1.54, 1.807) is 10.4 Å². The van der Waals surface area contributed by atoms with Crippen LogP contribution in [0.15, 0.2) is 23.1 Å². The Morgan fingerprint density at radius 1 is 1.07 bits per heavy atom. The van der Waals surface area contributed by atoms with Gasteiger partial charge >= 0.3 is 0 Å². The Morgan fingerprint density at radius 2 is 1.71 bits per heavy atom. The van der Waals surface area contributed by atoms with Gasteiger partial charge in [0, 0.05) is 32.1 Å². The second-order valence-electron chi connectivity index (χ2n) is 8.84. The van der Waals surface area contributed by atoms with E-state index in [4.69, 9.17) is 0 Å². The highest BCUT2D eigenvalue weighted by atomic mass is 32.2. The number of carbonyl (C=O) groups excluding carboxylic acids is 1. The summed E-state index contributed by atoms with van der Waals surface area (Å²) in [5.74, 6) is 0.782. The number of benzene rings is 1. The minimum absolute atomic E-state index is 0.0545. The summed E-state index contributed by atoms with van der Waals surface area (Å²) in [6.45, 7) is 2.99. The Balaban J connectivity index is 1.40. The number of hydrogen-bond acceptors (Lipinski definition) is 3. The monoisotopic (exact) mass is 404 g/mol. The van der Waals surface area contributed by atoms with Crippen LogP contribution >= 0.6 is 0 Å². The lowest BCUT2D eigenvalue weighted by Crippen LogP contribution is -2.46. The summed E-state index contributed by atoms with van der Waals surface area (Å²) >= 11 is 0. The van der Waals surface area contributed by atoms with E-state index in [0.717, 1.165) is 19.3 Å². The summed E-state index contributed by atoms with van der Waals surface area (Å²) in [4.78, 5) is 15.1. The van der Waals surface area contributed by atoms with Gasteiger partial charge in [0.25, 0.3) is 0 Å². The van der Waals surface area contributed by atoms with E-state index in [9.17, 15) is 13.2 Å². The van der Waals surface area contributed by atoms with Gasteiger partial charge in [0.15, 0.2) is 0 Å². The molecule has 0 N–H and O–H groups in total. The summed E-state index contributed by atoms with van der Waals surface area (Å²) in [6, 6.07) is 5.93. The van der Waals surface area contributed by atoms with Gasteiger partial charge in [0.1, 0.15) is 0 Å². The van der Waals surface area contributed by atoms with Crippen LogP contribution in [0.25, 0.3) is 0 Å². The molecule has 1 amide bonds. The number of aryl methyl sites for hydroxylation is 2. The van der Waals surface area contributed by atoms with Crippen LogP contribution in [0.5, 0.6) is 0 Å². The van der Waals surface area contributed by atoms with Crippen molar-refractivity contribution in [1.82, 2.24) is 9.21 Å². The lowest BCUT2D eigenvalue weighted by Gasteiger charge is -2.34. The predicted molar refractivity (Wildman–Crippen MR) is 110 cm³/mol. The Bertz CT molecular complexity index is 839. The Morgan fingerprint density at radius 3 is 2.36 bits per heavy atom. The molecule has 0 radical (unpaired) electrons. The van der Waals surface area contributed by atoms with E-state index in [2.05, 4.69) is 6.92 Å². The average Bonchev–Trinajstić information content (AvgIpc) is 3.57. The van der Waals surface area contributed by atoms with Crippen molar-refractivity contribution in [3.05, 3.63) is 29.3 Å². The molecule has 0 spiro atoms. The molecule has 6 heteroatoms. The lowest BCUT2D eigenvalue weighted by molar-refractivity contribution is -0.137. The Labute approximate surface area is 169 Å². The molecule has 1 heterocycles. The molecule has 1 aromatic rings. The zero-order chi connectivity index (χ0) is 19.9. The number of rotatable bonds is 5. The van der Waals surface area contributed by atoms with Crippen molar-refractivity contribution in [1.29, 1.82) is 0 Å². The van der Waals surface area contributed by atoms with Crippen molar-refractivity contribution in [2.45, 2.75) is 69.2 Å². The maximum Gasteiger partial charge on any atom is 0.243 e. The van der Waals surface area contributed by atoms with Crippen LogP contribution in [-0.4, -0.2) is 49.7 Å². The topological polar surface area (TPSA) is 57.7 Å². The Kier molecular flexibility index (Phi) is 5.53. The highest BCUT2D eigenvalue weighted by Crippen LogP contribution is 2.36. The molecule has 2 aliphatic carbocycles. The molecular formula is C22H32N2O3S. The molecule has 0 bridgehead atoms. The van der Waals surface area contributed by atoms with Crippen molar-refractivity contribution in [3.63, 3.8) is 0 Å². The van der Waals surface area contributed by atoms with E-state index in [-0.39, 0.29) is 11.8 Å². The van der Waals surface area contributed by atoms with Gasteiger partial charge in [-0.1, -0.05) is 6.07 Å². The SMILES string of the molecule is CC(C1CC1)N(C)C(=O)C1CCN(S(=O)(=O)c2ccc3c(c2)CCCC3)CC1. The van der Waals surface area contributed by atoms with Crippen LogP contribution < -0.4 is 0 Å². The first-order chi connectivity index (χ1) is 13.4. The third-order valence-corrected chi connectivity index (χ3v) is 8.92. The molecule has 1 unspecified atom stereocenters. The second kappa shape index (κ2) is 7.79. The number of amides is 1. The number of carbonyl (C=O) groups is 1. The second-order valence-corrected chi connectivity index (χ2v) is 10.8. The first-order valence-corrected chi connectivity index (χ1v) is 12.2. The van der Waals surface area contributed by atoms with Crippen LogP contribution in [0.2, 0.25) is 0 Å². The van der Waals surface area contributed by atoms with Gasteiger partial charge in [-0.05, 0) is 87.5 Å². The normalized spacial score (nSPS) is 22.5. The molecule has 1 saturated heterocycles. The Hall–Kier alpha value is -1.40. The van der Waals surface area contributed by atoms with Crippen molar-refractivity contribution in [2.24, 2.45) is 11.8 Å². The van der Waals surface area contributed by atoms with E-state index < -0.39 is 10.0 Å². The molecule has 2 fully saturated rings. The third kappa shape index (κ3) is 3.86. The maximum absolute atomic E-state index is 13.1. The molecule has 1 aliphatic heterocycles. The molecule has 1 saturated carbocycles. The van der Waals surface area contributed by atoms with Crippen molar-refractivity contribution < 1.29 is 13.2 Å². The van der Waals surface area contributed by atoms with Crippen LogP contribution in [0, 0.1) is 11.8 Å². The zero-order valence-electron chi connectivity index (χ0n) is 17.1. The van der Waals surface area contributed by atoms with Gasteiger partial charge in [-0.15, -0.1) is 0 Å². The fourth-order valence-electron chi connectivity index (χ4n) is 4.75. The molecule has 154 valence electrons. The highest BCUT2D eigenvalue weighted by molar-refractivity contribution is 7.89. The minimum atomic E-state index is -3.48. The summed E-state index contributed by atoms with van der Waals surface area (Å²) in [7, 11) is -1.57. The van der Waals surface area contributed by atoms with Gasteiger partial charge in [0.05, 0.1) is 4.90 Å². The van der Waals surface area contributed by atoms with Crippen molar-refractivity contribution in [2.75, 3.05) is 20.1 Å². The standard InChI is InChI=1S/C22H32N2O3S/c1-16(17-7-8-17)23(2)22(25)19-11-13-24(14-12-19)28(26,27)21-10-9-18-5-3-4-6-20(18)15-21/h9-10,15-17,19H,3-8,11-14H2,1-2H3. The molecular weight excluding hydrogens is 372 g/mol. The lowest BCUT2D eigenvalue weighted by atomic mass is 9.92. The predicted octanol–water partition coefficient (Wildman–Crippen LogP) is 3.22. The number of sulfonamides is 1. The third-order valence-electron chi connectivity index (χ3n) is 7.02. The van der Waals surface area contributed by atoms with Crippen molar-refractivity contribution >= 4 is 15.9 Å².